The van der Waals surface area contributed by atoms with E-state index >= 15 is 0 Å². The summed E-state index contributed by atoms with van der Waals surface area (Å²) in [6, 6.07) is 26.1. The van der Waals surface area contributed by atoms with Gasteiger partial charge >= 0.3 is 42.1 Å². The van der Waals surface area contributed by atoms with Crippen molar-refractivity contribution < 1.29 is 51.7 Å². The van der Waals surface area contributed by atoms with Crippen molar-refractivity contribution in [2.45, 2.75) is 283 Å². The van der Waals surface area contributed by atoms with E-state index in [0.29, 0.717) is 27.4 Å². The number of thiophene rings is 3. The number of amides is 2. The molecule has 0 spiro atoms. The van der Waals surface area contributed by atoms with Crippen LogP contribution in [0.25, 0.3) is 19.5 Å². The van der Waals surface area contributed by atoms with Gasteiger partial charge in [-0.3, -0.25) is 38.2 Å². The maximum Gasteiger partial charge on any atom is 2.00 e. The Morgan fingerprint density at radius 1 is 0.294 bits per heavy atom. The number of unbranched alkanes of at least 4 members (excludes halogenated alkanes) is 17. The maximum absolute atomic E-state index is 13.4. The third kappa shape index (κ3) is 49.9. The number of carbonyl (C=O) groups excluding carboxylic acids is 2. The quantitative estimate of drug-likeness (QED) is 0.0128. The zero-order valence-corrected chi connectivity index (χ0v) is 77.6. The van der Waals surface area contributed by atoms with Crippen LogP contribution in [0.4, 0.5) is 0 Å². The largest absolute Gasteiger partial charge is 2.00 e. The first kappa shape index (κ1) is 104. The number of imide groups is 1. The van der Waals surface area contributed by atoms with E-state index in [1.807, 2.05) is 72.8 Å². The van der Waals surface area contributed by atoms with Crippen LogP contribution >= 0.6 is 65.7 Å². The van der Waals surface area contributed by atoms with E-state index in [4.69, 9.17) is 25.7 Å². The molecular formula is C90H143NO2P4Pt2S3+4. The first-order chi connectivity index (χ1) is 48.8. The van der Waals surface area contributed by atoms with Gasteiger partial charge in [0.1, 0.15) is 0 Å². The second-order valence-electron chi connectivity index (χ2n) is 26.8. The Morgan fingerprint density at radius 2 is 0.529 bits per heavy atom. The molecule has 0 fully saturated rings. The second kappa shape index (κ2) is 74.5. The molecule has 0 saturated carbocycles. The van der Waals surface area contributed by atoms with Crippen molar-refractivity contribution in [3.63, 3.8) is 0 Å². The zero-order valence-electron chi connectivity index (χ0n) is 66.6. The summed E-state index contributed by atoms with van der Waals surface area (Å²) in [7, 11) is 0.270. The van der Waals surface area contributed by atoms with Gasteiger partial charge in [-0.2, -0.15) is 0 Å². The van der Waals surface area contributed by atoms with Crippen molar-refractivity contribution in [1.82, 2.24) is 4.90 Å². The second-order valence-corrected chi connectivity index (χ2v) is 42.0. The summed E-state index contributed by atoms with van der Waals surface area (Å²) >= 11 is 4.23. The van der Waals surface area contributed by atoms with E-state index in [1.165, 1.54) is 212 Å². The molecule has 12 heteroatoms. The number of hydrogen-bond acceptors (Lipinski definition) is 5. The molecule has 2 aromatic carbocycles. The molecule has 0 unspecified atom stereocenters. The molecule has 0 atom stereocenters. The van der Waals surface area contributed by atoms with Gasteiger partial charge in [-0.05, 0) is 83.5 Å². The van der Waals surface area contributed by atoms with Crippen molar-refractivity contribution in [3.05, 3.63) is 143 Å². The number of fused-ring (bicyclic) bond motifs is 1. The van der Waals surface area contributed by atoms with E-state index in [2.05, 4.69) is 114 Å². The number of carbonyl (C=O) groups is 2. The molecule has 0 N–H and O–H groups in total. The minimum Gasteiger partial charge on any atom is -0.366 e. The molecule has 6 rings (SSSR count). The molecule has 102 heavy (non-hydrogen) atoms. The van der Waals surface area contributed by atoms with Gasteiger partial charge in [0.15, 0.2) is 0 Å². The van der Waals surface area contributed by atoms with E-state index < -0.39 is 0 Å². The average Bonchev–Trinajstić information content (AvgIpc) is 1.57. The van der Waals surface area contributed by atoms with Crippen LogP contribution in [-0.4, -0.2) is 97.2 Å². The van der Waals surface area contributed by atoms with Gasteiger partial charge in [0.05, 0.1) is 94.8 Å². The maximum atomic E-state index is 13.4. The minimum atomic E-state index is -0.222. The number of rotatable bonds is 45. The van der Waals surface area contributed by atoms with Gasteiger partial charge in [-0.1, -0.05) is 257 Å². The fourth-order valence-electron chi connectivity index (χ4n) is 11.5. The monoisotopic (exact) mass is 1880 g/mol. The molecule has 0 radical (unpaired) electrons. The van der Waals surface area contributed by atoms with Crippen LogP contribution in [0.2, 0.25) is 0 Å². The topological polar surface area (TPSA) is 37.4 Å². The molecule has 4 heterocycles. The average molecular weight is 1880 g/mol. The van der Waals surface area contributed by atoms with E-state index in [-0.39, 0.29) is 85.6 Å². The Hall–Kier alpha value is -1.98. The smallest absolute Gasteiger partial charge is 0.366 e. The van der Waals surface area contributed by atoms with Crippen LogP contribution in [-0.2, 0) is 42.1 Å². The van der Waals surface area contributed by atoms with Crippen LogP contribution in [0.15, 0.2) is 84.9 Å². The van der Waals surface area contributed by atoms with Crippen LogP contribution in [0.1, 0.15) is 324 Å². The first-order valence-electron chi connectivity index (χ1n) is 40.2. The van der Waals surface area contributed by atoms with E-state index in [0.717, 1.165) is 49.9 Å². The summed E-state index contributed by atoms with van der Waals surface area (Å²) in [5, 5.41) is 0. The molecule has 3 aromatic heterocycles. The third-order valence-electron chi connectivity index (χ3n) is 17.9. The Morgan fingerprint density at radius 3 is 0.735 bits per heavy atom. The zero-order chi connectivity index (χ0) is 74.1. The standard InChI is InChI=1S/C26H21NO2S3.4C12H27P.2C8H5.2Pt/c1-4-7-8-9-10-11-16-27-25(28)21-22(26(27)29)24(20-15-13-18(6-3)31-20)32-23(21)19-14-12-17(5-2)30-19;4*1-4-7-10-13(11-8-5-2)12-9-6-3;2*1-2-8-6-4-3-5-7-8;;/h12-15H,4,7-11,16H2,1H3;4*4-12H2,1-3H3;2*3-7H;;/q-2;;;;;2*-1;2*+2/p+4. The van der Waals surface area contributed by atoms with Gasteiger partial charge in [-0.25, -0.2) is 22.7 Å². The molecule has 574 valence electrons. The molecule has 3 nitrogen and oxygen atoms in total. The molecule has 2 amide bonds. The Balaban J connectivity index is -0.00000120. The summed E-state index contributed by atoms with van der Waals surface area (Å²) in [6.07, 6.45) is 88.3. The van der Waals surface area contributed by atoms with Crippen LogP contribution in [0.5, 0.6) is 0 Å². The van der Waals surface area contributed by atoms with Crippen molar-refractivity contribution >= 4 is 77.5 Å². The van der Waals surface area contributed by atoms with E-state index in [9.17, 15) is 9.59 Å². The number of benzene rings is 2. The predicted molar refractivity (Wildman–Crippen MR) is 468 cm³/mol. The Kier molecular flexibility index (Phi) is 76.1. The van der Waals surface area contributed by atoms with Crippen LogP contribution in [0.3, 0.4) is 0 Å². The third-order valence-corrected chi connectivity index (χ3v) is 34.2. The SMILES string of the molecule is CCCC[PH+](CCCC)CCCC.CCCC[PH+](CCCC)CCCC.CCCC[PH+](CCCC)CCCC.CCCC[PH+](CCCC)CCCC.[C-]#Cc1ccc(-c2sc(-c3ccc(C#[C-])s3)c3c2C(=O)N(CCCCCCCC)C3=O)s1.[C-]#Cc1ccccc1.[C-]#Cc1ccccc1.[Pt+2].[Pt+2]. The van der Waals surface area contributed by atoms with Crippen molar-refractivity contribution in [2.24, 2.45) is 0 Å². The molecule has 0 saturated heterocycles. The molecule has 0 aliphatic carbocycles. The number of hydrogen-bond donors (Lipinski definition) is 0. The fraction of sp³-hybridized carbons (Fsp3) is 0.622. The molecule has 1 aliphatic rings. The van der Waals surface area contributed by atoms with Gasteiger partial charge in [0.2, 0.25) is 0 Å². The molecule has 1 aliphatic heterocycles. The normalized spacial score (nSPS) is 10.9. The fourth-order valence-corrected chi connectivity index (χ4v) is 27.9. The van der Waals surface area contributed by atoms with Crippen molar-refractivity contribution in [1.29, 1.82) is 0 Å². The summed E-state index contributed by atoms with van der Waals surface area (Å²) < 4.78 is 0. The van der Waals surface area contributed by atoms with Crippen LogP contribution < -0.4 is 0 Å². The van der Waals surface area contributed by atoms with Gasteiger partial charge in [0, 0.05) is 48.0 Å². The first-order valence-corrected chi connectivity index (χ1v) is 51.2. The predicted octanol–water partition coefficient (Wildman–Crippen LogP) is 28.7. The van der Waals surface area contributed by atoms with Gasteiger partial charge < -0.3 is 25.7 Å². The summed E-state index contributed by atoms with van der Waals surface area (Å²) in [5.41, 5.74) is 2.61. The molecule has 5 aromatic rings. The minimum absolute atomic E-state index is 0. The van der Waals surface area contributed by atoms with Crippen molar-refractivity contribution in [2.75, 3.05) is 80.5 Å². The van der Waals surface area contributed by atoms with Crippen molar-refractivity contribution in [3.8, 4) is 43.2 Å². The van der Waals surface area contributed by atoms with Crippen LogP contribution in [0, 0.1) is 49.4 Å². The van der Waals surface area contributed by atoms with E-state index in [1.54, 1.807) is 86.1 Å². The summed E-state index contributed by atoms with van der Waals surface area (Å²) in [6.45, 7) is 30.4. The Bertz CT molecular complexity index is 2590. The number of nitrogens with zero attached hydrogens (tertiary/aromatic N) is 1. The summed E-state index contributed by atoms with van der Waals surface area (Å²) in [4.78, 5) is 32.8. The summed E-state index contributed by atoms with van der Waals surface area (Å²) in [5.74, 6) is 8.90. The molecule has 0 bridgehead atoms. The molecular weight excluding hydrogens is 1740 g/mol. The Labute approximate surface area is 677 Å². The van der Waals surface area contributed by atoms with Gasteiger partial charge in [0.25, 0.3) is 11.8 Å². The van der Waals surface area contributed by atoms with Gasteiger partial charge in [-0.15, -0.1) is 58.9 Å².